The van der Waals surface area contributed by atoms with Gasteiger partial charge < -0.3 is 10.1 Å². The second kappa shape index (κ2) is 7.79. The number of hydrogen-bond donors (Lipinski definition) is 1. The molecule has 0 radical (unpaired) electrons. The summed E-state index contributed by atoms with van der Waals surface area (Å²) in [5.41, 5.74) is -0.0418. The normalized spacial score (nSPS) is 16.6. The summed E-state index contributed by atoms with van der Waals surface area (Å²) in [4.78, 5) is 24.3. The minimum Gasteiger partial charge on any atom is -0.449 e. The Labute approximate surface area is 142 Å². The Morgan fingerprint density at radius 1 is 1.25 bits per heavy atom. The molecule has 1 atom stereocenters. The van der Waals surface area contributed by atoms with E-state index in [4.69, 9.17) is 4.74 Å². The van der Waals surface area contributed by atoms with Crippen molar-refractivity contribution in [3.63, 3.8) is 0 Å². The van der Waals surface area contributed by atoms with E-state index in [2.05, 4.69) is 5.32 Å². The van der Waals surface area contributed by atoms with Crippen LogP contribution in [0.4, 0.5) is 0 Å². The Morgan fingerprint density at radius 2 is 1.88 bits per heavy atom. The van der Waals surface area contributed by atoms with Crippen LogP contribution in [-0.4, -0.2) is 38.2 Å². The van der Waals surface area contributed by atoms with Crippen molar-refractivity contribution in [2.75, 3.05) is 5.75 Å². The second-order valence-electron chi connectivity index (χ2n) is 5.94. The number of rotatable bonds is 6. The third kappa shape index (κ3) is 4.35. The minimum absolute atomic E-state index is 0.0418. The summed E-state index contributed by atoms with van der Waals surface area (Å²) in [5, 5.41) is 2.86. The first-order chi connectivity index (χ1) is 11.3. The molecule has 2 rings (SSSR count). The minimum atomic E-state index is -3.55. The van der Waals surface area contributed by atoms with E-state index in [1.165, 1.54) is 26.0 Å². The van der Waals surface area contributed by atoms with Gasteiger partial charge in [0.1, 0.15) is 0 Å². The van der Waals surface area contributed by atoms with E-state index in [0.29, 0.717) is 0 Å². The summed E-state index contributed by atoms with van der Waals surface area (Å²) in [7, 11) is -3.55. The number of sulfone groups is 1. The van der Waals surface area contributed by atoms with Gasteiger partial charge in [-0.15, -0.1) is 0 Å². The van der Waals surface area contributed by atoms with Crippen molar-refractivity contribution >= 4 is 21.7 Å². The zero-order chi connectivity index (χ0) is 17.7. The van der Waals surface area contributed by atoms with E-state index in [-0.39, 0.29) is 28.2 Å². The van der Waals surface area contributed by atoms with E-state index in [1.807, 2.05) is 0 Å². The van der Waals surface area contributed by atoms with Gasteiger partial charge in [-0.3, -0.25) is 4.79 Å². The number of carbonyl (C=O) groups excluding carboxylic acids is 2. The average Bonchev–Trinajstić information content (AvgIpc) is 3.07. The molecule has 0 spiro atoms. The van der Waals surface area contributed by atoms with Crippen LogP contribution in [0.1, 0.15) is 49.9 Å². The van der Waals surface area contributed by atoms with Crippen LogP contribution in [0.2, 0.25) is 0 Å². The molecular formula is C17H23NO5S. The monoisotopic (exact) mass is 353 g/mol. The molecule has 1 saturated carbocycles. The van der Waals surface area contributed by atoms with Crippen molar-refractivity contribution in [3.05, 3.63) is 29.8 Å². The fraction of sp³-hybridized carbons (Fsp3) is 0.529. The van der Waals surface area contributed by atoms with Gasteiger partial charge in [0.15, 0.2) is 15.9 Å². The van der Waals surface area contributed by atoms with Crippen LogP contribution < -0.4 is 5.32 Å². The lowest BCUT2D eigenvalue weighted by Crippen LogP contribution is -2.41. The second-order valence-corrected chi connectivity index (χ2v) is 8.18. The van der Waals surface area contributed by atoms with E-state index in [9.17, 15) is 18.0 Å². The highest BCUT2D eigenvalue weighted by Crippen LogP contribution is 2.20. The molecule has 0 heterocycles. The van der Waals surface area contributed by atoms with Gasteiger partial charge >= 0.3 is 5.97 Å². The van der Waals surface area contributed by atoms with Crippen molar-refractivity contribution in [3.8, 4) is 0 Å². The van der Waals surface area contributed by atoms with E-state index >= 15 is 0 Å². The fourth-order valence-corrected chi connectivity index (χ4v) is 3.81. The fourth-order valence-electron chi connectivity index (χ4n) is 2.73. The molecule has 24 heavy (non-hydrogen) atoms. The lowest BCUT2D eigenvalue weighted by molar-refractivity contribution is -0.129. The van der Waals surface area contributed by atoms with Crippen LogP contribution in [0.15, 0.2) is 29.2 Å². The molecule has 1 aromatic rings. The van der Waals surface area contributed by atoms with Gasteiger partial charge in [-0.05, 0) is 31.9 Å². The number of amides is 1. The zero-order valence-electron chi connectivity index (χ0n) is 13.9. The highest BCUT2D eigenvalue weighted by molar-refractivity contribution is 7.91. The Kier molecular flexibility index (Phi) is 5.99. The van der Waals surface area contributed by atoms with E-state index < -0.39 is 21.9 Å². The van der Waals surface area contributed by atoms with Gasteiger partial charge in [0, 0.05) is 6.04 Å². The largest absolute Gasteiger partial charge is 0.449 e. The number of nitrogens with one attached hydrogen (secondary N) is 1. The summed E-state index contributed by atoms with van der Waals surface area (Å²) < 4.78 is 29.4. The Balaban J connectivity index is 2.08. The molecule has 0 unspecified atom stereocenters. The lowest BCUT2D eigenvalue weighted by Gasteiger charge is -2.17. The smallest absolute Gasteiger partial charge is 0.340 e. The van der Waals surface area contributed by atoms with Gasteiger partial charge in [-0.1, -0.05) is 31.9 Å². The van der Waals surface area contributed by atoms with Crippen LogP contribution in [0, 0.1) is 0 Å². The number of carbonyl (C=O) groups is 2. The molecule has 0 bridgehead atoms. The molecule has 0 aromatic heterocycles. The molecule has 1 aliphatic carbocycles. The van der Waals surface area contributed by atoms with Crippen LogP contribution in [0.5, 0.6) is 0 Å². The molecular weight excluding hydrogens is 330 g/mol. The zero-order valence-corrected chi connectivity index (χ0v) is 14.8. The van der Waals surface area contributed by atoms with Crippen LogP contribution in [0.25, 0.3) is 0 Å². The standard InChI is InChI=1S/C17H23NO5S/c1-3-24(21,22)15-11-7-6-10-14(15)17(20)23-12(2)16(19)18-13-8-4-5-9-13/h6-7,10-13H,3-5,8-9H2,1-2H3,(H,18,19)/t12-/m0/s1. The molecule has 1 amide bonds. The quantitative estimate of drug-likeness (QED) is 0.791. The van der Waals surface area contributed by atoms with Crippen LogP contribution >= 0.6 is 0 Å². The predicted octanol–water partition coefficient (Wildman–Crippen LogP) is 2.08. The summed E-state index contributed by atoms with van der Waals surface area (Å²) in [6.45, 7) is 2.99. The van der Waals surface area contributed by atoms with Crippen LogP contribution in [0.3, 0.4) is 0 Å². The van der Waals surface area contributed by atoms with E-state index in [1.54, 1.807) is 12.1 Å². The first kappa shape index (κ1) is 18.4. The van der Waals surface area contributed by atoms with Gasteiger partial charge in [0.2, 0.25) is 0 Å². The number of hydrogen-bond acceptors (Lipinski definition) is 5. The van der Waals surface area contributed by atoms with Gasteiger partial charge in [-0.25, -0.2) is 13.2 Å². The first-order valence-electron chi connectivity index (χ1n) is 8.18. The third-order valence-corrected chi connectivity index (χ3v) is 5.96. The van der Waals surface area contributed by atoms with Crippen molar-refractivity contribution < 1.29 is 22.7 Å². The number of benzene rings is 1. The SMILES string of the molecule is CCS(=O)(=O)c1ccccc1C(=O)O[C@@H](C)C(=O)NC1CCCC1. The molecule has 0 aliphatic heterocycles. The molecule has 1 aliphatic rings. The maximum Gasteiger partial charge on any atom is 0.340 e. The van der Waals surface area contributed by atoms with Gasteiger partial charge in [-0.2, -0.15) is 0 Å². The molecule has 0 saturated heterocycles. The number of esters is 1. The van der Waals surface area contributed by atoms with E-state index in [0.717, 1.165) is 25.7 Å². The highest BCUT2D eigenvalue weighted by Gasteiger charge is 2.26. The topological polar surface area (TPSA) is 89.5 Å². The average molecular weight is 353 g/mol. The summed E-state index contributed by atoms with van der Waals surface area (Å²) in [6, 6.07) is 6.02. The van der Waals surface area contributed by atoms with Crippen molar-refractivity contribution in [2.24, 2.45) is 0 Å². The van der Waals surface area contributed by atoms with Crippen molar-refractivity contribution in [2.45, 2.75) is 56.6 Å². The van der Waals surface area contributed by atoms with Gasteiger partial charge in [0.05, 0.1) is 16.2 Å². The maximum atomic E-state index is 12.3. The van der Waals surface area contributed by atoms with Crippen LogP contribution in [-0.2, 0) is 19.4 Å². The molecule has 7 heteroatoms. The molecule has 132 valence electrons. The summed E-state index contributed by atoms with van der Waals surface area (Å²) in [5.74, 6) is -1.28. The Hall–Kier alpha value is -1.89. The van der Waals surface area contributed by atoms with Gasteiger partial charge in [0.25, 0.3) is 5.91 Å². The highest BCUT2D eigenvalue weighted by atomic mass is 32.2. The number of ether oxygens (including phenoxy) is 1. The first-order valence-corrected chi connectivity index (χ1v) is 9.83. The Bertz CT molecular complexity index is 707. The molecule has 6 nitrogen and oxygen atoms in total. The maximum absolute atomic E-state index is 12.3. The molecule has 1 fully saturated rings. The van der Waals surface area contributed by atoms with Crippen molar-refractivity contribution in [1.82, 2.24) is 5.32 Å². The molecule has 1 aromatic carbocycles. The predicted molar refractivity (Wildman–Crippen MR) is 89.4 cm³/mol. The summed E-state index contributed by atoms with van der Waals surface area (Å²) in [6.07, 6.45) is 3.06. The third-order valence-electron chi connectivity index (χ3n) is 4.18. The molecule has 1 N–H and O–H groups in total. The lowest BCUT2D eigenvalue weighted by atomic mass is 10.2. The van der Waals surface area contributed by atoms with Crippen molar-refractivity contribution in [1.29, 1.82) is 0 Å². The Morgan fingerprint density at radius 3 is 2.50 bits per heavy atom. The summed E-state index contributed by atoms with van der Waals surface area (Å²) >= 11 is 0.